The van der Waals surface area contributed by atoms with Gasteiger partial charge in [0.25, 0.3) is 0 Å². The third-order valence-electron chi connectivity index (χ3n) is 1.91. The minimum atomic E-state index is 0.874. The Morgan fingerprint density at radius 2 is 2.15 bits per heavy atom. The summed E-state index contributed by atoms with van der Waals surface area (Å²) >= 11 is 3.42. The molecule has 1 heterocycles. The van der Waals surface area contributed by atoms with Gasteiger partial charge in [-0.1, -0.05) is 27.2 Å². The lowest BCUT2D eigenvalue weighted by Gasteiger charge is -2.01. The highest BCUT2D eigenvalue weighted by Crippen LogP contribution is 2.24. The van der Waals surface area contributed by atoms with Crippen molar-refractivity contribution in [1.29, 1.82) is 0 Å². The molecule has 2 aromatic rings. The first-order valence-corrected chi connectivity index (χ1v) is 4.73. The molecule has 0 saturated heterocycles. The van der Waals surface area contributed by atoms with Crippen molar-refractivity contribution in [2.24, 2.45) is 0 Å². The number of hydrogen-bond donors (Lipinski definition) is 0. The Labute approximate surface area is 84.7 Å². The lowest BCUT2D eigenvalue weighted by molar-refractivity contribution is 0.422. The molecule has 1 aromatic carbocycles. The zero-order valence-corrected chi connectivity index (χ0v) is 8.71. The molecule has 0 aliphatic carbocycles. The van der Waals surface area contributed by atoms with Crippen molar-refractivity contribution in [3.63, 3.8) is 0 Å². The van der Waals surface area contributed by atoms with Gasteiger partial charge in [-0.15, -0.1) is 0 Å². The summed E-state index contributed by atoms with van der Waals surface area (Å²) in [5.41, 5.74) is 3.17. The van der Waals surface area contributed by atoms with Crippen molar-refractivity contribution in [3.05, 3.63) is 40.6 Å². The van der Waals surface area contributed by atoms with E-state index in [4.69, 9.17) is 4.52 Å². The van der Waals surface area contributed by atoms with Crippen molar-refractivity contribution in [1.82, 2.24) is 5.16 Å². The van der Waals surface area contributed by atoms with Gasteiger partial charge in [0.05, 0.1) is 0 Å². The fourth-order valence-corrected chi connectivity index (χ4v) is 1.58. The highest BCUT2D eigenvalue weighted by molar-refractivity contribution is 9.10. The highest BCUT2D eigenvalue weighted by atomic mass is 79.9. The van der Waals surface area contributed by atoms with Gasteiger partial charge in [0.2, 0.25) is 0 Å². The average molecular weight is 238 g/mol. The molecule has 0 spiro atoms. The van der Waals surface area contributed by atoms with Crippen LogP contribution in [0.15, 0.2) is 39.5 Å². The second kappa shape index (κ2) is 3.34. The summed E-state index contributed by atoms with van der Waals surface area (Å²) in [5, 5.41) is 3.89. The third kappa shape index (κ3) is 1.65. The maximum atomic E-state index is 4.80. The Bertz CT molecular complexity index is 409. The maximum absolute atomic E-state index is 4.80. The fraction of sp³-hybridized carbons (Fsp3) is 0.100. The summed E-state index contributed by atoms with van der Waals surface area (Å²) in [6.07, 6.45) is 1.58. The molecule has 0 atom stereocenters. The lowest BCUT2D eigenvalue weighted by atomic mass is 10.1. The molecular formula is C10H8BrNO. The van der Waals surface area contributed by atoms with Crippen LogP contribution in [0, 0.1) is 6.92 Å². The number of benzene rings is 1. The van der Waals surface area contributed by atoms with Gasteiger partial charge in [0.1, 0.15) is 12.0 Å². The summed E-state index contributed by atoms with van der Waals surface area (Å²) in [6.45, 7) is 2.05. The van der Waals surface area contributed by atoms with Gasteiger partial charge in [0.15, 0.2) is 0 Å². The van der Waals surface area contributed by atoms with E-state index in [1.165, 1.54) is 5.56 Å². The lowest BCUT2D eigenvalue weighted by Crippen LogP contribution is -1.82. The number of nitrogens with zero attached hydrogens (tertiary/aromatic N) is 1. The van der Waals surface area contributed by atoms with Crippen LogP contribution < -0.4 is 0 Å². The Morgan fingerprint density at radius 3 is 2.85 bits per heavy atom. The highest BCUT2D eigenvalue weighted by Gasteiger charge is 2.04. The van der Waals surface area contributed by atoms with Gasteiger partial charge in [0, 0.05) is 16.1 Å². The molecule has 2 rings (SSSR count). The normalized spacial score (nSPS) is 10.3. The molecule has 0 saturated carbocycles. The zero-order chi connectivity index (χ0) is 9.26. The van der Waals surface area contributed by atoms with Crippen LogP contribution in [-0.2, 0) is 0 Å². The molecule has 0 unspecified atom stereocenters. The summed E-state index contributed by atoms with van der Waals surface area (Å²) in [4.78, 5) is 0. The predicted octanol–water partition coefficient (Wildman–Crippen LogP) is 3.41. The Balaban J connectivity index is 2.57. The van der Waals surface area contributed by atoms with Crippen LogP contribution in [0.5, 0.6) is 0 Å². The van der Waals surface area contributed by atoms with Gasteiger partial charge in [-0.05, 0) is 24.6 Å². The van der Waals surface area contributed by atoms with E-state index in [-0.39, 0.29) is 0 Å². The van der Waals surface area contributed by atoms with Gasteiger partial charge < -0.3 is 4.52 Å². The molecule has 3 heteroatoms. The van der Waals surface area contributed by atoms with E-state index in [2.05, 4.69) is 28.0 Å². The summed E-state index contributed by atoms with van der Waals surface area (Å²) in [6, 6.07) is 7.95. The first-order valence-electron chi connectivity index (χ1n) is 3.94. The van der Waals surface area contributed by atoms with Crippen molar-refractivity contribution in [2.45, 2.75) is 6.92 Å². The fourth-order valence-electron chi connectivity index (χ4n) is 1.22. The van der Waals surface area contributed by atoms with E-state index in [0.717, 1.165) is 15.7 Å². The topological polar surface area (TPSA) is 26.0 Å². The maximum Gasteiger partial charge on any atom is 0.124 e. The standard InChI is InChI=1S/C10H8BrNO/c1-7-2-3-8(11)6-9(7)10-4-5-13-12-10/h2-6H,1H3. The second-order valence-corrected chi connectivity index (χ2v) is 3.76. The zero-order valence-electron chi connectivity index (χ0n) is 7.12. The van der Waals surface area contributed by atoms with Gasteiger partial charge in [-0.25, -0.2) is 0 Å². The van der Waals surface area contributed by atoms with E-state index in [9.17, 15) is 0 Å². The molecule has 0 bridgehead atoms. The minimum absolute atomic E-state index is 0.874. The molecule has 0 radical (unpaired) electrons. The first kappa shape index (κ1) is 8.51. The Kier molecular flexibility index (Phi) is 2.19. The molecular weight excluding hydrogens is 230 g/mol. The smallest absolute Gasteiger partial charge is 0.124 e. The van der Waals surface area contributed by atoms with Crippen LogP contribution in [0.4, 0.5) is 0 Å². The molecule has 1 aromatic heterocycles. The molecule has 0 N–H and O–H groups in total. The summed E-state index contributed by atoms with van der Waals surface area (Å²) in [5.74, 6) is 0. The van der Waals surface area contributed by atoms with Crippen molar-refractivity contribution >= 4 is 15.9 Å². The van der Waals surface area contributed by atoms with Crippen LogP contribution in [0.1, 0.15) is 5.56 Å². The minimum Gasteiger partial charge on any atom is -0.364 e. The Morgan fingerprint density at radius 1 is 1.31 bits per heavy atom. The molecule has 2 nitrogen and oxygen atoms in total. The number of halogens is 1. The molecule has 0 aliphatic rings. The summed E-state index contributed by atoms with van der Waals surface area (Å²) < 4.78 is 5.85. The van der Waals surface area contributed by atoms with E-state index >= 15 is 0 Å². The van der Waals surface area contributed by atoms with Crippen molar-refractivity contribution < 1.29 is 4.52 Å². The second-order valence-electron chi connectivity index (χ2n) is 2.84. The quantitative estimate of drug-likeness (QED) is 0.760. The SMILES string of the molecule is Cc1ccc(Br)cc1-c1ccon1. The first-order chi connectivity index (χ1) is 6.27. The van der Waals surface area contributed by atoms with Gasteiger partial charge in [-0.2, -0.15) is 0 Å². The van der Waals surface area contributed by atoms with Crippen molar-refractivity contribution in [2.75, 3.05) is 0 Å². The third-order valence-corrected chi connectivity index (χ3v) is 2.41. The largest absolute Gasteiger partial charge is 0.364 e. The number of hydrogen-bond acceptors (Lipinski definition) is 2. The average Bonchev–Trinajstić information content (AvgIpc) is 2.61. The van der Waals surface area contributed by atoms with Gasteiger partial charge in [-0.3, -0.25) is 0 Å². The van der Waals surface area contributed by atoms with Crippen LogP contribution in [-0.4, -0.2) is 5.16 Å². The number of rotatable bonds is 1. The van der Waals surface area contributed by atoms with E-state index in [0.29, 0.717) is 0 Å². The van der Waals surface area contributed by atoms with Crippen molar-refractivity contribution in [3.8, 4) is 11.3 Å². The molecule has 0 amide bonds. The molecule has 0 fully saturated rings. The number of aryl methyl sites for hydroxylation is 1. The van der Waals surface area contributed by atoms with Crippen LogP contribution in [0.2, 0.25) is 0 Å². The predicted molar refractivity (Wildman–Crippen MR) is 54.4 cm³/mol. The summed E-state index contributed by atoms with van der Waals surface area (Å²) in [7, 11) is 0. The molecule has 66 valence electrons. The van der Waals surface area contributed by atoms with Crippen LogP contribution in [0.3, 0.4) is 0 Å². The van der Waals surface area contributed by atoms with Crippen LogP contribution >= 0.6 is 15.9 Å². The molecule has 13 heavy (non-hydrogen) atoms. The molecule has 0 aliphatic heterocycles. The van der Waals surface area contributed by atoms with Crippen LogP contribution in [0.25, 0.3) is 11.3 Å². The Hall–Kier alpha value is -1.09. The van der Waals surface area contributed by atoms with E-state index in [1.54, 1.807) is 6.26 Å². The number of aromatic nitrogens is 1. The van der Waals surface area contributed by atoms with Gasteiger partial charge >= 0.3 is 0 Å². The monoisotopic (exact) mass is 237 g/mol. The van der Waals surface area contributed by atoms with E-state index < -0.39 is 0 Å². The van der Waals surface area contributed by atoms with E-state index in [1.807, 2.05) is 24.3 Å².